The van der Waals surface area contributed by atoms with Crippen molar-refractivity contribution in [2.45, 2.75) is 16.8 Å². The van der Waals surface area contributed by atoms with Crippen molar-refractivity contribution in [1.29, 1.82) is 0 Å². The molecule has 0 saturated heterocycles. The Morgan fingerprint density at radius 3 is 2.53 bits per heavy atom. The van der Waals surface area contributed by atoms with Crippen LogP contribution in [-0.2, 0) is 0 Å². The summed E-state index contributed by atoms with van der Waals surface area (Å²) >= 11 is 1.15. The van der Waals surface area contributed by atoms with E-state index in [4.69, 9.17) is 4.74 Å². The molecule has 0 saturated carbocycles. The molecule has 32 heavy (non-hydrogen) atoms. The van der Waals surface area contributed by atoms with E-state index in [2.05, 4.69) is 19.9 Å². The van der Waals surface area contributed by atoms with E-state index >= 15 is 0 Å². The molecule has 0 amide bonds. The highest BCUT2D eigenvalue weighted by Gasteiger charge is 2.27. The van der Waals surface area contributed by atoms with Gasteiger partial charge in [-0.2, -0.15) is 4.98 Å². The number of nitrogens with zero attached hydrogens (tertiary/aromatic N) is 5. The van der Waals surface area contributed by atoms with Crippen LogP contribution in [-0.4, -0.2) is 24.9 Å². The molecule has 0 aliphatic rings. The van der Waals surface area contributed by atoms with E-state index in [0.29, 0.717) is 11.3 Å². The van der Waals surface area contributed by atoms with Crippen LogP contribution in [0.3, 0.4) is 0 Å². The monoisotopic (exact) mass is 441 g/mol. The highest BCUT2D eigenvalue weighted by Crippen LogP contribution is 2.41. The van der Waals surface area contributed by atoms with Crippen molar-refractivity contribution in [3.8, 4) is 11.6 Å². The number of benzene rings is 2. The van der Waals surface area contributed by atoms with Crippen LogP contribution in [0.15, 0.2) is 83.1 Å². The third-order valence-corrected chi connectivity index (χ3v) is 5.81. The third kappa shape index (κ3) is 3.69. The van der Waals surface area contributed by atoms with Gasteiger partial charge in [-0.15, -0.1) is 0 Å². The SMILES string of the molecule is Cc1ccc2cccc(Oc3ncnc(Sc4cccc5cccnc45)c3[N+](=O)[O-])c2n1. The van der Waals surface area contributed by atoms with Crippen LogP contribution in [0.25, 0.3) is 21.8 Å². The second-order valence-electron chi connectivity index (χ2n) is 6.91. The number of hydrogen-bond acceptors (Lipinski definition) is 8. The summed E-state index contributed by atoms with van der Waals surface area (Å²) in [6.45, 7) is 1.87. The summed E-state index contributed by atoms with van der Waals surface area (Å²) in [5.41, 5.74) is 1.84. The van der Waals surface area contributed by atoms with Gasteiger partial charge in [0, 0.05) is 27.6 Å². The number of fused-ring (bicyclic) bond motifs is 2. The van der Waals surface area contributed by atoms with Gasteiger partial charge in [0.05, 0.1) is 10.4 Å². The number of nitro groups is 1. The summed E-state index contributed by atoms with van der Waals surface area (Å²) < 4.78 is 5.92. The molecule has 0 unspecified atom stereocenters. The Bertz CT molecular complexity index is 1490. The molecule has 5 rings (SSSR count). The number of ether oxygens (including phenoxy) is 1. The number of aryl methyl sites for hydroxylation is 1. The van der Waals surface area contributed by atoms with Gasteiger partial charge in [-0.25, -0.2) is 9.97 Å². The summed E-state index contributed by atoms with van der Waals surface area (Å²) in [5.74, 6) is 0.243. The van der Waals surface area contributed by atoms with Crippen LogP contribution < -0.4 is 4.74 Å². The Morgan fingerprint density at radius 1 is 0.906 bits per heavy atom. The van der Waals surface area contributed by atoms with Crippen molar-refractivity contribution >= 4 is 39.3 Å². The van der Waals surface area contributed by atoms with E-state index < -0.39 is 4.92 Å². The zero-order valence-electron chi connectivity index (χ0n) is 16.8. The minimum atomic E-state index is -0.528. The molecule has 0 bridgehead atoms. The Labute approximate surface area is 186 Å². The first-order valence-electron chi connectivity index (χ1n) is 9.65. The molecule has 0 aliphatic carbocycles. The van der Waals surface area contributed by atoms with Crippen molar-refractivity contribution in [3.05, 3.63) is 89.0 Å². The maximum Gasteiger partial charge on any atom is 0.363 e. The molecule has 0 spiro atoms. The Balaban J connectivity index is 1.59. The normalized spacial score (nSPS) is 11.0. The van der Waals surface area contributed by atoms with Gasteiger partial charge in [-0.3, -0.25) is 15.1 Å². The van der Waals surface area contributed by atoms with Gasteiger partial charge >= 0.3 is 11.6 Å². The van der Waals surface area contributed by atoms with Crippen molar-refractivity contribution in [1.82, 2.24) is 19.9 Å². The molecule has 9 heteroatoms. The van der Waals surface area contributed by atoms with Crippen LogP contribution in [0.1, 0.15) is 5.69 Å². The quantitative estimate of drug-likeness (QED) is 0.193. The largest absolute Gasteiger partial charge is 0.431 e. The van der Waals surface area contributed by atoms with Crippen molar-refractivity contribution in [3.63, 3.8) is 0 Å². The zero-order chi connectivity index (χ0) is 22.1. The Morgan fingerprint density at radius 2 is 1.69 bits per heavy atom. The van der Waals surface area contributed by atoms with E-state index in [0.717, 1.165) is 38.6 Å². The Hall–Kier alpha value is -4.11. The molecular weight excluding hydrogens is 426 g/mol. The zero-order valence-corrected chi connectivity index (χ0v) is 17.6. The fourth-order valence-electron chi connectivity index (χ4n) is 3.32. The molecule has 156 valence electrons. The van der Waals surface area contributed by atoms with E-state index in [1.54, 1.807) is 18.3 Å². The lowest BCUT2D eigenvalue weighted by Crippen LogP contribution is -2.01. The van der Waals surface area contributed by atoms with Crippen LogP contribution in [0.4, 0.5) is 5.69 Å². The van der Waals surface area contributed by atoms with Crippen LogP contribution in [0.5, 0.6) is 11.6 Å². The summed E-state index contributed by atoms with van der Waals surface area (Å²) in [6.07, 6.45) is 2.94. The number of pyridine rings is 2. The molecule has 0 aliphatic heterocycles. The average Bonchev–Trinajstić information content (AvgIpc) is 2.80. The molecule has 0 atom stereocenters. The number of rotatable bonds is 5. The van der Waals surface area contributed by atoms with Crippen molar-refractivity contribution < 1.29 is 9.66 Å². The molecule has 0 radical (unpaired) electrons. The fourth-order valence-corrected chi connectivity index (χ4v) is 4.30. The molecule has 3 heterocycles. The van der Waals surface area contributed by atoms with Gasteiger partial charge < -0.3 is 4.74 Å². The second kappa shape index (κ2) is 8.20. The first-order chi connectivity index (χ1) is 15.6. The maximum absolute atomic E-state index is 12.0. The summed E-state index contributed by atoms with van der Waals surface area (Å²) in [6, 6.07) is 18.7. The number of para-hydroxylation sites is 2. The van der Waals surface area contributed by atoms with Gasteiger partial charge in [-0.05, 0) is 31.2 Å². The van der Waals surface area contributed by atoms with Gasteiger partial charge in [0.15, 0.2) is 10.8 Å². The highest BCUT2D eigenvalue weighted by atomic mass is 32.2. The lowest BCUT2D eigenvalue weighted by atomic mass is 10.2. The summed E-state index contributed by atoms with van der Waals surface area (Å²) in [4.78, 5) is 29.4. The molecule has 5 aromatic rings. The number of hydrogen-bond donors (Lipinski definition) is 0. The van der Waals surface area contributed by atoms with E-state index in [9.17, 15) is 10.1 Å². The molecular formula is C23H15N5O3S. The minimum Gasteiger partial charge on any atom is -0.431 e. The van der Waals surface area contributed by atoms with Crippen LogP contribution >= 0.6 is 11.8 Å². The molecule has 0 N–H and O–H groups in total. The molecule has 2 aromatic carbocycles. The fraction of sp³-hybridized carbons (Fsp3) is 0.0435. The van der Waals surface area contributed by atoms with Crippen molar-refractivity contribution in [2.75, 3.05) is 0 Å². The van der Waals surface area contributed by atoms with Gasteiger partial charge in [0.1, 0.15) is 11.8 Å². The second-order valence-corrected chi connectivity index (χ2v) is 7.94. The lowest BCUT2D eigenvalue weighted by Gasteiger charge is -2.10. The summed E-state index contributed by atoms with van der Waals surface area (Å²) in [5, 5.41) is 14.0. The predicted molar refractivity (Wildman–Crippen MR) is 121 cm³/mol. The van der Waals surface area contributed by atoms with E-state index in [1.165, 1.54) is 6.33 Å². The third-order valence-electron chi connectivity index (χ3n) is 4.77. The van der Waals surface area contributed by atoms with Crippen LogP contribution in [0.2, 0.25) is 0 Å². The standard InChI is InChI=1S/C23H15N5O3S/c1-14-10-11-16-5-2-8-17(19(16)27-14)31-22-21(28(29)30)23(26-13-25-22)32-18-9-3-6-15-7-4-12-24-20(15)18/h2-13H,1H3. The van der Waals surface area contributed by atoms with Gasteiger partial charge in [-0.1, -0.05) is 48.2 Å². The highest BCUT2D eigenvalue weighted by molar-refractivity contribution is 7.99. The average molecular weight is 441 g/mol. The Kier molecular flexibility index (Phi) is 5.08. The lowest BCUT2D eigenvalue weighted by molar-refractivity contribution is -0.389. The van der Waals surface area contributed by atoms with Crippen LogP contribution in [0, 0.1) is 17.0 Å². The molecule has 0 fully saturated rings. The predicted octanol–water partition coefficient (Wildman–Crippen LogP) is 5.73. The minimum absolute atomic E-state index is 0.142. The number of aromatic nitrogens is 4. The molecule has 8 nitrogen and oxygen atoms in total. The topological polar surface area (TPSA) is 104 Å². The van der Waals surface area contributed by atoms with Crippen molar-refractivity contribution in [2.24, 2.45) is 0 Å². The van der Waals surface area contributed by atoms with E-state index in [1.807, 2.05) is 55.5 Å². The smallest absolute Gasteiger partial charge is 0.363 e. The first kappa shape index (κ1) is 19.8. The first-order valence-corrected chi connectivity index (χ1v) is 10.5. The van der Waals surface area contributed by atoms with Gasteiger partial charge in [0.25, 0.3) is 0 Å². The maximum atomic E-state index is 12.0. The summed E-state index contributed by atoms with van der Waals surface area (Å²) in [7, 11) is 0. The molecule has 3 aromatic heterocycles. The van der Waals surface area contributed by atoms with E-state index in [-0.39, 0.29) is 16.6 Å². The van der Waals surface area contributed by atoms with Gasteiger partial charge in [0.2, 0.25) is 0 Å².